The maximum Gasteiger partial charge on any atom is 0.236 e. The van der Waals surface area contributed by atoms with Gasteiger partial charge in [-0.25, -0.2) is 0 Å². The standard InChI is InChI=1S/C10H11N3O2/c1-7(14)9-3-4-13(5-9)6-10-12-11-8(2)15-10/h3-5H,6H2,1-2H3. The highest BCUT2D eigenvalue weighted by molar-refractivity contribution is 5.93. The number of carbonyl (C=O) groups is 1. The highest BCUT2D eigenvalue weighted by Gasteiger charge is 2.05. The molecule has 0 aromatic carbocycles. The smallest absolute Gasteiger partial charge is 0.236 e. The fourth-order valence-corrected chi connectivity index (χ4v) is 1.30. The van der Waals surface area contributed by atoms with Crippen LogP contribution >= 0.6 is 0 Å². The number of aromatic nitrogens is 3. The van der Waals surface area contributed by atoms with Crippen LogP contribution in [-0.2, 0) is 6.54 Å². The maximum absolute atomic E-state index is 11.1. The minimum atomic E-state index is 0.0514. The number of rotatable bonds is 3. The SMILES string of the molecule is CC(=O)c1ccn(Cc2nnc(C)o2)c1. The lowest BCUT2D eigenvalue weighted by atomic mass is 10.2. The highest BCUT2D eigenvalue weighted by Crippen LogP contribution is 2.06. The lowest BCUT2D eigenvalue weighted by Gasteiger charge is -1.95. The largest absolute Gasteiger partial charge is 0.424 e. The Labute approximate surface area is 86.7 Å². The van der Waals surface area contributed by atoms with E-state index in [4.69, 9.17) is 4.42 Å². The third-order valence-corrected chi connectivity index (χ3v) is 2.04. The van der Waals surface area contributed by atoms with Crippen LogP contribution in [-0.4, -0.2) is 20.5 Å². The summed E-state index contributed by atoms with van der Waals surface area (Å²) < 4.78 is 7.07. The van der Waals surface area contributed by atoms with Gasteiger partial charge in [-0.3, -0.25) is 4.79 Å². The predicted molar refractivity (Wildman–Crippen MR) is 52.6 cm³/mol. The van der Waals surface area contributed by atoms with E-state index in [1.807, 2.05) is 10.8 Å². The molecule has 0 N–H and O–H groups in total. The van der Waals surface area contributed by atoms with Crippen LogP contribution in [0.3, 0.4) is 0 Å². The number of Topliss-reactive ketones (excluding diaryl/α,β-unsaturated/α-hetero) is 1. The molecule has 15 heavy (non-hydrogen) atoms. The first kappa shape index (κ1) is 9.64. The van der Waals surface area contributed by atoms with Gasteiger partial charge < -0.3 is 8.98 Å². The molecule has 0 atom stereocenters. The summed E-state index contributed by atoms with van der Waals surface area (Å²) in [7, 11) is 0. The Morgan fingerprint density at radius 2 is 2.33 bits per heavy atom. The van der Waals surface area contributed by atoms with Crippen LogP contribution in [0.15, 0.2) is 22.9 Å². The highest BCUT2D eigenvalue weighted by atomic mass is 16.4. The van der Waals surface area contributed by atoms with Gasteiger partial charge in [0.25, 0.3) is 0 Å². The molecule has 0 radical (unpaired) electrons. The zero-order chi connectivity index (χ0) is 10.8. The first-order chi connectivity index (χ1) is 7.15. The van der Waals surface area contributed by atoms with Crippen LogP contribution in [0.2, 0.25) is 0 Å². The molecule has 0 aliphatic carbocycles. The van der Waals surface area contributed by atoms with Crippen molar-refractivity contribution < 1.29 is 9.21 Å². The van der Waals surface area contributed by atoms with Gasteiger partial charge in [-0.05, 0) is 13.0 Å². The van der Waals surface area contributed by atoms with Crippen molar-refractivity contribution in [2.45, 2.75) is 20.4 Å². The van der Waals surface area contributed by atoms with E-state index < -0.39 is 0 Å². The molecule has 2 heterocycles. The minimum absolute atomic E-state index is 0.0514. The molecule has 0 amide bonds. The Morgan fingerprint density at radius 1 is 1.53 bits per heavy atom. The van der Waals surface area contributed by atoms with Crippen molar-refractivity contribution in [3.05, 3.63) is 35.8 Å². The van der Waals surface area contributed by atoms with Crippen LogP contribution in [0.25, 0.3) is 0 Å². The van der Waals surface area contributed by atoms with Crippen molar-refractivity contribution in [1.82, 2.24) is 14.8 Å². The molecule has 0 fully saturated rings. The molecule has 2 rings (SSSR count). The van der Waals surface area contributed by atoms with Gasteiger partial charge in [0.05, 0.1) is 0 Å². The molecule has 5 nitrogen and oxygen atoms in total. The summed E-state index contributed by atoms with van der Waals surface area (Å²) in [6.45, 7) is 3.78. The van der Waals surface area contributed by atoms with E-state index in [1.165, 1.54) is 6.92 Å². The average molecular weight is 205 g/mol. The number of ketones is 1. The predicted octanol–water partition coefficient (Wildman–Crippen LogP) is 1.43. The molecule has 0 bridgehead atoms. The van der Waals surface area contributed by atoms with Gasteiger partial charge in [-0.1, -0.05) is 0 Å². The van der Waals surface area contributed by atoms with Crippen molar-refractivity contribution in [2.75, 3.05) is 0 Å². The van der Waals surface area contributed by atoms with Crippen LogP contribution in [0, 0.1) is 6.92 Å². The molecule has 0 aliphatic heterocycles. The van der Waals surface area contributed by atoms with Crippen molar-refractivity contribution >= 4 is 5.78 Å². The van der Waals surface area contributed by atoms with E-state index in [0.717, 1.165) is 0 Å². The molecular formula is C10H11N3O2. The van der Waals surface area contributed by atoms with Crippen molar-refractivity contribution in [3.63, 3.8) is 0 Å². The molecule has 2 aromatic heterocycles. The summed E-state index contributed by atoms with van der Waals surface area (Å²) in [5.41, 5.74) is 0.686. The average Bonchev–Trinajstić information content (AvgIpc) is 2.76. The monoisotopic (exact) mass is 205 g/mol. The fraction of sp³-hybridized carbons (Fsp3) is 0.300. The van der Waals surface area contributed by atoms with E-state index in [1.54, 1.807) is 19.2 Å². The van der Waals surface area contributed by atoms with E-state index in [0.29, 0.717) is 23.9 Å². The quantitative estimate of drug-likeness (QED) is 0.711. The zero-order valence-electron chi connectivity index (χ0n) is 8.60. The van der Waals surface area contributed by atoms with Gasteiger partial charge in [-0.15, -0.1) is 10.2 Å². The zero-order valence-corrected chi connectivity index (χ0v) is 8.60. The summed E-state index contributed by atoms with van der Waals surface area (Å²) >= 11 is 0. The number of carbonyl (C=O) groups excluding carboxylic acids is 1. The molecule has 0 saturated carbocycles. The van der Waals surface area contributed by atoms with E-state index >= 15 is 0 Å². The summed E-state index contributed by atoms with van der Waals surface area (Å²) in [4.78, 5) is 11.1. The molecule has 0 unspecified atom stereocenters. The van der Waals surface area contributed by atoms with Gasteiger partial charge in [-0.2, -0.15) is 0 Å². The Kier molecular flexibility index (Phi) is 2.37. The van der Waals surface area contributed by atoms with Gasteiger partial charge in [0.2, 0.25) is 11.8 Å². The summed E-state index contributed by atoms with van der Waals surface area (Å²) in [5, 5.41) is 7.60. The second-order valence-electron chi connectivity index (χ2n) is 3.34. The third kappa shape index (κ3) is 2.12. The second kappa shape index (κ2) is 3.68. The van der Waals surface area contributed by atoms with Crippen LogP contribution in [0.4, 0.5) is 0 Å². The first-order valence-electron chi connectivity index (χ1n) is 4.61. The van der Waals surface area contributed by atoms with Crippen molar-refractivity contribution in [3.8, 4) is 0 Å². The molecule has 78 valence electrons. The van der Waals surface area contributed by atoms with E-state index in [2.05, 4.69) is 10.2 Å². The van der Waals surface area contributed by atoms with Gasteiger partial charge >= 0.3 is 0 Å². The van der Waals surface area contributed by atoms with E-state index in [9.17, 15) is 4.79 Å². The van der Waals surface area contributed by atoms with E-state index in [-0.39, 0.29) is 5.78 Å². The molecule has 5 heteroatoms. The molecule has 0 spiro atoms. The Hall–Kier alpha value is -1.91. The number of aryl methyl sites for hydroxylation is 1. The number of hydrogen-bond acceptors (Lipinski definition) is 4. The van der Waals surface area contributed by atoms with Crippen LogP contribution < -0.4 is 0 Å². The van der Waals surface area contributed by atoms with Crippen LogP contribution in [0.5, 0.6) is 0 Å². The third-order valence-electron chi connectivity index (χ3n) is 2.04. The normalized spacial score (nSPS) is 10.5. The van der Waals surface area contributed by atoms with Crippen molar-refractivity contribution in [2.24, 2.45) is 0 Å². The Morgan fingerprint density at radius 3 is 2.87 bits per heavy atom. The molecule has 0 saturated heterocycles. The Balaban J connectivity index is 2.14. The first-order valence-corrected chi connectivity index (χ1v) is 4.61. The van der Waals surface area contributed by atoms with Crippen molar-refractivity contribution in [1.29, 1.82) is 0 Å². The second-order valence-corrected chi connectivity index (χ2v) is 3.34. The fourth-order valence-electron chi connectivity index (χ4n) is 1.30. The van der Waals surface area contributed by atoms with Gasteiger partial charge in [0.15, 0.2) is 5.78 Å². The van der Waals surface area contributed by atoms with Gasteiger partial charge in [0, 0.05) is 24.9 Å². The minimum Gasteiger partial charge on any atom is -0.424 e. The summed E-state index contributed by atoms with van der Waals surface area (Å²) in [6.07, 6.45) is 3.58. The maximum atomic E-state index is 11.1. The molecule has 0 aliphatic rings. The summed E-state index contributed by atoms with van der Waals surface area (Å²) in [5.74, 6) is 1.14. The lowest BCUT2D eigenvalue weighted by Crippen LogP contribution is -1.97. The topological polar surface area (TPSA) is 60.9 Å². The Bertz CT molecular complexity index is 484. The number of hydrogen-bond donors (Lipinski definition) is 0. The van der Waals surface area contributed by atoms with Gasteiger partial charge in [0.1, 0.15) is 6.54 Å². The molecule has 2 aromatic rings. The summed E-state index contributed by atoms with van der Waals surface area (Å²) in [6, 6.07) is 1.77. The number of nitrogens with zero attached hydrogens (tertiary/aromatic N) is 3. The molecular weight excluding hydrogens is 194 g/mol. The lowest BCUT2D eigenvalue weighted by molar-refractivity contribution is 0.101. The van der Waals surface area contributed by atoms with Crippen LogP contribution in [0.1, 0.15) is 29.1 Å².